The number of ketones is 1. The number of carbonyl (C=O) groups is 1. The number of carbonyl (C=O) groups excluding carboxylic acids is 1. The Hall–Kier alpha value is -1.91. The predicted molar refractivity (Wildman–Crippen MR) is 97.1 cm³/mol. The minimum atomic E-state index is -0.197. The molecule has 0 aliphatic heterocycles. The SMILES string of the molecule is Cn1c(CC[C@@H](N)CO)ccc1C(=O)CCCCc1ccccc1. The topological polar surface area (TPSA) is 68.2 Å². The van der Waals surface area contributed by atoms with Crippen molar-refractivity contribution in [2.75, 3.05) is 6.61 Å². The molecule has 0 unspecified atom stereocenters. The molecule has 0 fully saturated rings. The number of unbranched alkanes of at least 4 members (excludes halogenated alkanes) is 1. The maximum absolute atomic E-state index is 12.4. The van der Waals surface area contributed by atoms with E-state index in [0.717, 1.165) is 43.5 Å². The van der Waals surface area contributed by atoms with Crippen LogP contribution in [0.15, 0.2) is 42.5 Å². The molecule has 1 aromatic heterocycles. The van der Waals surface area contributed by atoms with Crippen LogP contribution in [0.25, 0.3) is 0 Å². The molecule has 3 N–H and O–H groups in total. The van der Waals surface area contributed by atoms with Crippen molar-refractivity contribution in [3.8, 4) is 0 Å². The normalized spacial score (nSPS) is 12.3. The quantitative estimate of drug-likeness (QED) is 0.520. The van der Waals surface area contributed by atoms with Crippen LogP contribution in [-0.2, 0) is 19.9 Å². The van der Waals surface area contributed by atoms with Gasteiger partial charge in [-0.2, -0.15) is 0 Å². The molecular weight excluding hydrogens is 300 g/mol. The zero-order chi connectivity index (χ0) is 17.4. The highest BCUT2D eigenvalue weighted by Crippen LogP contribution is 2.14. The molecule has 4 heteroatoms. The molecule has 0 saturated carbocycles. The van der Waals surface area contributed by atoms with Crippen molar-refractivity contribution in [3.63, 3.8) is 0 Å². The van der Waals surface area contributed by atoms with Gasteiger partial charge >= 0.3 is 0 Å². The van der Waals surface area contributed by atoms with Crippen molar-refractivity contribution in [1.82, 2.24) is 4.57 Å². The summed E-state index contributed by atoms with van der Waals surface area (Å²) in [5.74, 6) is 0.197. The summed E-state index contributed by atoms with van der Waals surface area (Å²) in [6.45, 7) is -0.00236. The highest BCUT2D eigenvalue weighted by molar-refractivity contribution is 5.94. The summed E-state index contributed by atoms with van der Waals surface area (Å²) >= 11 is 0. The van der Waals surface area contributed by atoms with Gasteiger partial charge in [0.05, 0.1) is 12.3 Å². The number of aryl methyl sites for hydroxylation is 2. The fourth-order valence-electron chi connectivity index (χ4n) is 2.90. The van der Waals surface area contributed by atoms with Crippen molar-refractivity contribution >= 4 is 5.78 Å². The van der Waals surface area contributed by atoms with Crippen molar-refractivity contribution in [2.24, 2.45) is 12.8 Å². The van der Waals surface area contributed by atoms with Gasteiger partial charge in [-0.1, -0.05) is 30.3 Å². The van der Waals surface area contributed by atoms with Gasteiger partial charge in [-0.3, -0.25) is 4.79 Å². The number of nitrogens with two attached hydrogens (primary N) is 1. The lowest BCUT2D eigenvalue weighted by Crippen LogP contribution is -2.25. The first-order valence-corrected chi connectivity index (χ1v) is 8.70. The van der Waals surface area contributed by atoms with Gasteiger partial charge in [-0.25, -0.2) is 0 Å². The number of Topliss-reactive ketones (excluding diaryl/α,β-unsaturated/α-hetero) is 1. The van der Waals surface area contributed by atoms with Gasteiger partial charge in [0.15, 0.2) is 5.78 Å². The third kappa shape index (κ3) is 5.32. The maximum atomic E-state index is 12.4. The van der Waals surface area contributed by atoms with E-state index < -0.39 is 0 Å². The highest BCUT2D eigenvalue weighted by Gasteiger charge is 2.13. The van der Waals surface area contributed by atoms with E-state index in [-0.39, 0.29) is 18.4 Å². The van der Waals surface area contributed by atoms with Gasteiger partial charge in [-0.05, 0) is 49.8 Å². The molecule has 0 aliphatic carbocycles. The van der Waals surface area contributed by atoms with E-state index in [1.807, 2.05) is 29.8 Å². The number of nitrogens with zero attached hydrogens (tertiary/aromatic N) is 1. The average molecular weight is 328 g/mol. The molecule has 0 radical (unpaired) electrons. The Kier molecular flexibility index (Phi) is 7.22. The average Bonchev–Trinajstić information content (AvgIpc) is 2.98. The summed E-state index contributed by atoms with van der Waals surface area (Å²) in [4.78, 5) is 12.4. The Balaban J connectivity index is 1.79. The molecular formula is C20H28N2O2. The predicted octanol–water partition coefficient (Wildman–Crippen LogP) is 2.87. The van der Waals surface area contributed by atoms with Crippen molar-refractivity contribution in [1.29, 1.82) is 0 Å². The fourth-order valence-corrected chi connectivity index (χ4v) is 2.90. The van der Waals surface area contributed by atoms with Crippen LogP contribution in [0, 0.1) is 0 Å². The van der Waals surface area contributed by atoms with Gasteiger partial charge in [0.2, 0.25) is 0 Å². The van der Waals surface area contributed by atoms with E-state index in [0.29, 0.717) is 6.42 Å². The second-order valence-corrected chi connectivity index (χ2v) is 6.37. The van der Waals surface area contributed by atoms with Crippen LogP contribution in [0.2, 0.25) is 0 Å². The van der Waals surface area contributed by atoms with Crippen molar-refractivity contribution < 1.29 is 9.90 Å². The Morgan fingerprint density at radius 3 is 2.58 bits per heavy atom. The second kappa shape index (κ2) is 9.40. The third-order valence-electron chi connectivity index (χ3n) is 4.48. The number of benzene rings is 1. The fraction of sp³-hybridized carbons (Fsp3) is 0.450. The molecule has 0 bridgehead atoms. The minimum Gasteiger partial charge on any atom is -0.395 e. The number of hydrogen-bond acceptors (Lipinski definition) is 3. The standard InChI is InChI=1S/C20H28N2O2/c1-22-18(12-11-17(21)15-23)13-14-19(22)20(24)10-6-5-9-16-7-3-2-4-8-16/h2-4,7-8,13-14,17,23H,5-6,9-12,15,21H2,1H3/t17-/m1/s1. The first-order valence-electron chi connectivity index (χ1n) is 8.70. The molecule has 1 aromatic carbocycles. The number of rotatable bonds is 10. The smallest absolute Gasteiger partial charge is 0.179 e. The summed E-state index contributed by atoms with van der Waals surface area (Å²) < 4.78 is 1.96. The van der Waals surface area contributed by atoms with Crippen molar-refractivity contribution in [2.45, 2.75) is 44.6 Å². The lowest BCUT2D eigenvalue weighted by atomic mass is 10.0. The minimum absolute atomic E-state index is 0.00236. The van der Waals surface area contributed by atoms with E-state index in [1.165, 1.54) is 5.56 Å². The molecule has 130 valence electrons. The summed E-state index contributed by atoms with van der Waals surface area (Å²) in [6, 6.07) is 14.1. The molecule has 0 spiro atoms. The van der Waals surface area contributed by atoms with Crippen LogP contribution in [0.3, 0.4) is 0 Å². The molecule has 2 rings (SSSR count). The first kappa shape index (κ1) is 18.4. The molecule has 1 atom stereocenters. The largest absolute Gasteiger partial charge is 0.395 e. The molecule has 0 amide bonds. The van der Waals surface area contributed by atoms with E-state index in [4.69, 9.17) is 10.8 Å². The second-order valence-electron chi connectivity index (χ2n) is 6.37. The van der Waals surface area contributed by atoms with Crippen LogP contribution in [0.4, 0.5) is 0 Å². The number of aliphatic hydroxyl groups excluding tert-OH is 1. The molecule has 2 aromatic rings. The zero-order valence-electron chi connectivity index (χ0n) is 14.4. The van der Waals surface area contributed by atoms with Gasteiger partial charge in [0.25, 0.3) is 0 Å². The van der Waals surface area contributed by atoms with Crippen LogP contribution >= 0.6 is 0 Å². The van der Waals surface area contributed by atoms with Crippen LogP contribution < -0.4 is 5.73 Å². The Morgan fingerprint density at radius 1 is 1.12 bits per heavy atom. The molecule has 1 heterocycles. The van der Waals surface area contributed by atoms with Gasteiger partial charge in [0.1, 0.15) is 0 Å². The third-order valence-corrected chi connectivity index (χ3v) is 4.48. The van der Waals surface area contributed by atoms with Gasteiger partial charge in [-0.15, -0.1) is 0 Å². The number of aliphatic hydroxyl groups is 1. The van der Waals surface area contributed by atoms with Crippen LogP contribution in [-0.4, -0.2) is 28.1 Å². The monoisotopic (exact) mass is 328 g/mol. The molecule has 4 nitrogen and oxygen atoms in total. The first-order chi connectivity index (χ1) is 11.6. The Morgan fingerprint density at radius 2 is 1.88 bits per heavy atom. The number of aromatic nitrogens is 1. The highest BCUT2D eigenvalue weighted by atomic mass is 16.3. The van der Waals surface area contributed by atoms with Gasteiger partial charge < -0.3 is 15.4 Å². The summed E-state index contributed by atoms with van der Waals surface area (Å²) in [7, 11) is 1.93. The maximum Gasteiger partial charge on any atom is 0.179 e. The van der Waals surface area contributed by atoms with Crippen LogP contribution in [0.1, 0.15) is 47.4 Å². The van der Waals surface area contributed by atoms with E-state index in [1.54, 1.807) is 0 Å². The van der Waals surface area contributed by atoms with Crippen LogP contribution in [0.5, 0.6) is 0 Å². The van der Waals surface area contributed by atoms with E-state index in [9.17, 15) is 4.79 Å². The Bertz CT molecular complexity index is 634. The zero-order valence-corrected chi connectivity index (χ0v) is 14.4. The number of hydrogen-bond donors (Lipinski definition) is 2. The van der Waals surface area contributed by atoms with Crippen molar-refractivity contribution in [3.05, 3.63) is 59.4 Å². The van der Waals surface area contributed by atoms with Gasteiger partial charge in [0, 0.05) is 25.2 Å². The summed E-state index contributed by atoms with van der Waals surface area (Å²) in [5.41, 5.74) is 8.92. The lowest BCUT2D eigenvalue weighted by molar-refractivity contribution is 0.0971. The molecule has 24 heavy (non-hydrogen) atoms. The Labute approximate surface area is 144 Å². The van der Waals surface area contributed by atoms with E-state index in [2.05, 4.69) is 24.3 Å². The van der Waals surface area contributed by atoms with E-state index >= 15 is 0 Å². The lowest BCUT2D eigenvalue weighted by Gasteiger charge is -2.10. The summed E-state index contributed by atoms with van der Waals surface area (Å²) in [6.07, 6.45) is 5.03. The molecule has 0 saturated heterocycles. The summed E-state index contributed by atoms with van der Waals surface area (Å²) in [5, 5.41) is 8.99. The molecule has 0 aliphatic rings.